The molecule has 0 amide bonds. The van der Waals surface area contributed by atoms with Crippen LogP contribution in [0.5, 0.6) is 0 Å². The summed E-state index contributed by atoms with van der Waals surface area (Å²) in [5, 5.41) is 7.34. The zero-order chi connectivity index (χ0) is 19.8. The molecule has 0 heterocycles. The zero-order valence-corrected chi connectivity index (χ0v) is 17.4. The summed E-state index contributed by atoms with van der Waals surface area (Å²) in [6.07, 6.45) is 0.953. The molecule has 0 aromatic heterocycles. The van der Waals surface area contributed by atoms with Gasteiger partial charge in [0.2, 0.25) is 0 Å². The second-order valence-corrected chi connectivity index (χ2v) is 7.42. The molecule has 0 saturated carbocycles. The highest BCUT2D eigenvalue weighted by atomic mass is 35.5. The number of hydrogen-bond acceptors (Lipinski definition) is 3. The van der Waals surface area contributed by atoms with E-state index in [1.165, 1.54) is 5.56 Å². The second kappa shape index (κ2) is 10.3. The van der Waals surface area contributed by atoms with Gasteiger partial charge in [-0.1, -0.05) is 55.8 Å². The molecule has 144 valence electrons. The first-order chi connectivity index (χ1) is 12.9. The summed E-state index contributed by atoms with van der Waals surface area (Å²) < 4.78 is 4.99. The monoisotopic (exact) mass is 404 g/mol. The fourth-order valence-electron chi connectivity index (χ4n) is 2.73. The van der Waals surface area contributed by atoms with Crippen molar-refractivity contribution in [3.05, 3.63) is 64.7 Å². The predicted octanol–water partition coefficient (Wildman–Crippen LogP) is 5.59. The van der Waals surface area contributed by atoms with Gasteiger partial charge in [-0.25, -0.2) is 4.79 Å². The Labute approximate surface area is 171 Å². The maximum atomic E-state index is 11.8. The Bertz CT molecular complexity index is 781. The standard InChI is InChI=1S/C21H25ClN2O2S/c1-4-26-20(25)17-11-10-16(13-18(17)22)23-21(27)24-19(12-14(2)3)15-8-6-5-7-9-15/h5-11,13-14,19H,4,12H2,1-3H3,(H2,23,24,27). The van der Waals surface area contributed by atoms with Crippen LogP contribution in [0.3, 0.4) is 0 Å². The van der Waals surface area contributed by atoms with E-state index in [0.717, 1.165) is 6.42 Å². The molecular formula is C21H25ClN2O2S. The first kappa shape index (κ1) is 21.2. The molecule has 0 aliphatic rings. The molecule has 1 unspecified atom stereocenters. The van der Waals surface area contributed by atoms with E-state index in [1.54, 1.807) is 25.1 Å². The molecule has 27 heavy (non-hydrogen) atoms. The summed E-state index contributed by atoms with van der Waals surface area (Å²) in [7, 11) is 0. The predicted molar refractivity (Wildman–Crippen MR) is 115 cm³/mol. The van der Waals surface area contributed by atoms with Crippen molar-refractivity contribution in [2.45, 2.75) is 33.2 Å². The molecule has 0 aliphatic carbocycles. The number of nitrogens with one attached hydrogen (secondary N) is 2. The Morgan fingerprint density at radius 2 is 1.89 bits per heavy atom. The molecule has 0 saturated heterocycles. The van der Waals surface area contributed by atoms with Gasteiger partial charge in [0.05, 0.1) is 23.2 Å². The van der Waals surface area contributed by atoms with Crippen LogP contribution < -0.4 is 10.6 Å². The smallest absolute Gasteiger partial charge is 0.339 e. The molecule has 2 rings (SSSR count). The zero-order valence-electron chi connectivity index (χ0n) is 15.8. The van der Waals surface area contributed by atoms with Crippen LogP contribution in [0.25, 0.3) is 0 Å². The highest BCUT2D eigenvalue weighted by Gasteiger charge is 2.15. The van der Waals surface area contributed by atoms with E-state index in [0.29, 0.717) is 33.9 Å². The van der Waals surface area contributed by atoms with Crippen molar-refractivity contribution in [1.29, 1.82) is 0 Å². The van der Waals surface area contributed by atoms with E-state index in [4.69, 9.17) is 28.6 Å². The third-order valence-electron chi connectivity index (χ3n) is 3.94. The molecule has 2 aromatic carbocycles. The number of thiocarbonyl (C=S) groups is 1. The van der Waals surface area contributed by atoms with Crippen LogP contribution in [0.15, 0.2) is 48.5 Å². The van der Waals surface area contributed by atoms with Crippen molar-refractivity contribution < 1.29 is 9.53 Å². The van der Waals surface area contributed by atoms with Crippen LogP contribution in [-0.2, 0) is 4.74 Å². The van der Waals surface area contributed by atoms with Crippen LogP contribution >= 0.6 is 23.8 Å². The van der Waals surface area contributed by atoms with Crippen molar-refractivity contribution in [1.82, 2.24) is 5.32 Å². The molecule has 6 heteroatoms. The van der Waals surface area contributed by atoms with E-state index < -0.39 is 5.97 Å². The molecule has 0 fully saturated rings. The minimum absolute atomic E-state index is 0.112. The SMILES string of the molecule is CCOC(=O)c1ccc(NC(=S)NC(CC(C)C)c2ccccc2)cc1Cl. The fraction of sp³-hybridized carbons (Fsp3) is 0.333. The normalized spacial score (nSPS) is 11.7. The first-order valence-corrected chi connectivity index (χ1v) is 9.78. The number of rotatable bonds is 7. The van der Waals surface area contributed by atoms with E-state index in [9.17, 15) is 4.79 Å². The van der Waals surface area contributed by atoms with Crippen LogP contribution in [0, 0.1) is 5.92 Å². The molecule has 0 radical (unpaired) electrons. The van der Waals surface area contributed by atoms with Gasteiger partial charge in [0.25, 0.3) is 0 Å². The van der Waals surface area contributed by atoms with Crippen molar-refractivity contribution in [2.75, 3.05) is 11.9 Å². The number of anilines is 1. The lowest BCUT2D eigenvalue weighted by molar-refractivity contribution is 0.0526. The van der Waals surface area contributed by atoms with Crippen molar-refractivity contribution in [3.63, 3.8) is 0 Å². The molecule has 4 nitrogen and oxygen atoms in total. The molecule has 1 atom stereocenters. The Balaban J connectivity index is 2.07. The second-order valence-electron chi connectivity index (χ2n) is 6.61. The van der Waals surface area contributed by atoms with Gasteiger partial charge in [-0.05, 0) is 55.2 Å². The average Bonchev–Trinajstić information content (AvgIpc) is 2.61. The number of carbonyl (C=O) groups excluding carboxylic acids is 1. The number of carbonyl (C=O) groups is 1. The number of ether oxygens (including phenoxy) is 1. The van der Waals surface area contributed by atoms with Crippen molar-refractivity contribution in [2.24, 2.45) is 5.92 Å². The quantitative estimate of drug-likeness (QED) is 0.465. The van der Waals surface area contributed by atoms with E-state index in [-0.39, 0.29) is 6.04 Å². The van der Waals surface area contributed by atoms with Crippen molar-refractivity contribution in [3.8, 4) is 0 Å². The minimum Gasteiger partial charge on any atom is -0.462 e. The lowest BCUT2D eigenvalue weighted by Gasteiger charge is -2.23. The van der Waals surface area contributed by atoms with Crippen molar-refractivity contribution >= 4 is 40.6 Å². The Morgan fingerprint density at radius 1 is 1.19 bits per heavy atom. The number of esters is 1. The van der Waals surface area contributed by atoms with Crippen LogP contribution in [0.1, 0.15) is 49.2 Å². The van der Waals surface area contributed by atoms with Gasteiger partial charge in [0.1, 0.15) is 0 Å². The first-order valence-electron chi connectivity index (χ1n) is 8.99. The van der Waals surface area contributed by atoms with Gasteiger partial charge >= 0.3 is 5.97 Å². The van der Waals surface area contributed by atoms with Gasteiger partial charge < -0.3 is 15.4 Å². The maximum Gasteiger partial charge on any atom is 0.339 e. The maximum absolute atomic E-state index is 11.8. The highest BCUT2D eigenvalue weighted by molar-refractivity contribution is 7.80. The van der Waals surface area contributed by atoms with E-state index in [2.05, 4.69) is 36.6 Å². The number of halogens is 1. The minimum atomic E-state index is -0.434. The molecule has 0 spiro atoms. The molecule has 0 aliphatic heterocycles. The largest absolute Gasteiger partial charge is 0.462 e. The summed E-state index contributed by atoms with van der Waals surface area (Å²) in [5.74, 6) is 0.0830. The Hall–Kier alpha value is -2.11. The molecular weight excluding hydrogens is 380 g/mol. The van der Waals surface area contributed by atoms with Crippen LogP contribution in [0.2, 0.25) is 5.02 Å². The molecule has 2 aromatic rings. The molecule has 0 bridgehead atoms. The Kier molecular flexibility index (Phi) is 8.07. The van der Waals surface area contributed by atoms with E-state index in [1.807, 2.05) is 18.2 Å². The number of benzene rings is 2. The summed E-state index contributed by atoms with van der Waals surface area (Å²) in [5.41, 5.74) is 2.23. The third-order valence-corrected chi connectivity index (χ3v) is 4.47. The highest BCUT2D eigenvalue weighted by Crippen LogP contribution is 2.23. The number of hydrogen-bond donors (Lipinski definition) is 2. The lowest BCUT2D eigenvalue weighted by atomic mass is 9.97. The summed E-state index contributed by atoms with van der Waals surface area (Å²) in [6.45, 7) is 6.43. The van der Waals surface area contributed by atoms with Gasteiger partial charge in [0, 0.05) is 5.69 Å². The molecule has 2 N–H and O–H groups in total. The van der Waals surface area contributed by atoms with Gasteiger partial charge in [-0.3, -0.25) is 0 Å². The van der Waals surface area contributed by atoms with Crippen LogP contribution in [-0.4, -0.2) is 17.7 Å². The van der Waals surface area contributed by atoms with Gasteiger partial charge in [0.15, 0.2) is 5.11 Å². The van der Waals surface area contributed by atoms with E-state index >= 15 is 0 Å². The van der Waals surface area contributed by atoms with Gasteiger partial charge in [-0.2, -0.15) is 0 Å². The Morgan fingerprint density at radius 3 is 2.48 bits per heavy atom. The third kappa shape index (κ3) is 6.52. The summed E-state index contributed by atoms with van der Waals surface area (Å²) in [6, 6.07) is 15.4. The average molecular weight is 405 g/mol. The van der Waals surface area contributed by atoms with Gasteiger partial charge in [-0.15, -0.1) is 0 Å². The lowest BCUT2D eigenvalue weighted by Crippen LogP contribution is -2.33. The summed E-state index contributed by atoms with van der Waals surface area (Å²) >= 11 is 11.7. The fourth-order valence-corrected chi connectivity index (χ4v) is 3.25. The topological polar surface area (TPSA) is 50.4 Å². The summed E-state index contributed by atoms with van der Waals surface area (Å²) in [4.78, 5) is 11.8. The van der Waals surface area contributed by atoms with Crippen LogP contribution in [0.4, 0.5) is 5.69 Å².